The molecule has 3 aromatic rings. The lowest BCUT2D eigenvalue weighted by molar-refractivity contribution is -0.127. The van der Waals surface area contributed by atoms with Gasteiger partial charge in [-0.25, -0.2) is 0 Å². The van der Waals surface area contributed by atoms with Gasteiger partial charge < -0.3 is 10.2 Å². The fraction of sp³-hybridized carbons (Fsp3) is 0.188. The fourth-order valence-electron chi connectivity index (χ4n) is 2.19. The van der Waals surface area contributed by atoms with Crippen LogP contribution in [0.3, 0.4) is 0 Å². The number of nitrogens with one attached hydrogen (secondary N) is 1. The first-order valence-electron chi connectivity index (χ1n) is 7.12. The Kier molecular flexibility index (Phi) is 4.43. The Morgan fingerprint density at radius 1 is 1.30 bits per heavy atom. The van der Waals surface area contributed by atoms with Gasteiger partial charge in [-0.05, 0) is 35.9 Å². The van der Waals surface area contributed by atoms with Crippen molar-refractivity contribution in [2.45, 2.75) is 13.0 Å². The molecule has 3 rings (SSSR count). The highest BCUT2D eigenvalue weighted by Crippen LogP contribution is 2.16. The number of aromatic nitrogens is 3. The number of benzene rings is 2. The summed E-state index contributed by atoms with van der Waals surface area (Å²) in [4.78, 5) is 18.6. The number of fused-ring (bicyclic) bond motifs is 1. The third-order valence-corrected chi connectivity index (χ3v) is 3.61. The van der Waals surface area contributed by atoms with Gasteiger partial charge in [0.15, 0.2) is 6.61 Å². The molecular weight excluding hydrogens is 316 g/mol. The predicted molar refractivity (Wildman–Crippen MR) is 87.0 cm³/mol. The van der Waals surface area contributed by atoms with Crippen molar-refractivity contribution < 1.29 is 9.63 Å². The standard InChI is InChI=1S/C16H15ClN4O2/c1-11(12-5-3-2-4-6-12)18-16(22)10-23-21-15-9-13(17)7-8-14(15)19-20-21/h2-9,11H,10H2,1H3,(H,18,22). The highest BCUT2D eigenvalue weighted by Gasteiger charge is 2.12. The van der Waals surface area contributed by atoms with Crippen molar-refractivity contribution in [1.82, 2.24) is 20.5 Å². The van der Waals surface area contributed by atoms with Crippen LogP contribution in [0.4, 0.5) is 0 Å². The maximum Gasteiger partial charge on any atom is 0.261 e. The zero-order valence-electron chi connectivity index (χ0n) is 12.4. The van der Waals surface area contributed by atoms with Crippen molar-refractivity contribution in [2.75, 3.05) is 6.61 Å². The molecule has 0 aliphatic carbocycles. The van der Waals surface area contributed by atoms with E-state index in [9.17, 15) is 4.79 Å². The molecule has 1 aromatic heterocycles. The van der Waals surface area contributed by atoms with Gasteiger partial charge in [0.25, 0.3) is 5.91 Å². The van der Waals surface area contributed by atoms with E-state index in [-0.39, 0.29) is 18.6 Å². The zero-order valence-corrected chi connectivity index (χ0v) is 13.2. The van der Waals surface area contributed by atoms with Gasteiger partial charge in [0.1, 0.15) is 11.0 Å². The molecule has 0 bridgehead atoms. The van der Waals surface area contributed by atoms with Crippen LogP contribution in [0.25, 0.3) is 11.0 Å². The van der Waals surface area contributed by atoms with Crippen molar-refractivity contribution in [3.8, 4) is 0 Å². The van der Waals surface area contributed by atoms with Crippen molar-refractivity contribution >= 4 is 28.5 Å². The average molecular weight is 331 g/mol. The minimum atomic E-state index is -0.243. The van der Waals surface area contributed by atoms with Crippen LogP contribution in [0.5, 0.6) is 0 Å². The molecule has 0 fully saturated rings. The molecule has 1 amide bonds. The Hall–Kier alpha value is -2.60. The molecule has 0 saturated carbocycles. The SMILES string of the molecule is CC(NC(=O)COn1nnc2ccc(Cl)cc21)c1ccccc1. The molecule has 7 heteroatoms. The third-order valence-electron chi connectivity index (χ3n) is 3.37. The Labute approximate surface area is 138 Å². The number of carbonyl (C=O) groups excluding carboxylic acids is 1. The summed E-state index contributed by atoms with van der Waals surface area (Å²) >= 11 is 5.94. The van der Waals surface area contributed by atoms with Gasteiger partial charge in [-0.1, -0.05) is 46.8 Å². The van der Waals surface area contributed by atoms with E-state index in [0.29, 0.717) is 16.1 Å². The first-order valence-corrected chi connectivity index (χ1v) is 7.50. The zero-order chi connectivity index (χ0) is 16.2. The number of hydrogen-bond acceptors (Lipinski definition) is 4. The van der Waals surface area contributed by atoms with E-state index in [1.807, 2.05) is 37.3 Å². The van der Waals surface area contributed by atoms with E-state index in [1.54, 1.807) is 18.2 Å². The van der Waals surface area contributed by atoms with Gasteiger partial charge in [-0.15, -0.1) is 5.10 Å². The van der Waals surface area contributed by atoms with Gasteiger partial charge in [-0.2, -0.15) is 0 Å². The third kappa shape index (κ3) is 3.60. The highest BCUT2D eigenvalue weighted by atomic mass is 35.5. The van der Waals surface area contributed by atoms with Crippen LogP contribution in [-0.2, 0) is 4.79 Å². The molecule has 0 radical (unpaired) electrons. The maximum atomic E-state index is 12.0. The minimum Gasteiger partial charge on any atom is -0.385 e. The van der Waals surface area contributed by atoms with Crippen molar-refractivity contribution in [3.05, 3.63) is 59.1 Å². The number of hydrogen-bond donors (Lipinski definition) is 1. The van der Waals surface area contributed by atoms with Gasteiger partial charge >= 0.3 is 0 Å². The average Bonchev–Trinajstić information content (AvgIpc) is 2.96. The summed E-state index contributed by atoms with van der Waals surface area (Å²) in [7, 11) is 0. The first kappa shape index (κ1) is 15.3. The Morgan fingerprint density at radius 3 is 2.87 bits per heavy atom. The Bertz CT molecular complexity index is 819. The van der Waals surface area contributed by atoms with E-state index < -0.39 is 0 Å². The van der Waals surface area contributed by atoms with Crippen LogP contribution in [0.2, 0.25) is 5.02 Å². The molecule has 2 aromatic carbocycles. The molecule has 6 nitrogen and oxygen atoms in total. The molecule has 0 saturated heterocycles. The Morgan fingerprint density at radius 2 is 2.09 bits per heavy atom. The summed E-state index contributed by atoms with van der Waals surface area (Å²) in [6, 6.07) is 14.7. The summed E-state index contributed by atoms with van der Waals surface area (Å²) in [5.41, 5.74) is 2.28. The molecule has 1 unspecified atom stereocenters. The monoisotopic (exact) mass is 330 g/mol. The molecule has 118 valence electrons. The number of amides is 1. The first-order chi connectivity index (χ1) is 11.1. The highest BCUT2D eigenvalue weighted by molar-refractivity contribution is 6.31. The van der Waals surface area contributed by atoms with Crippen LogP contribution >= 0.6 is 11.6 Å². The summed E-state index contributed by atoms with van der Waals surface area (Å²) in [6.45, 7) is 1.75. The molecule has 1 N–H and O–H groups in total. The van der Waals surface area contributed by atoms with Crippen molar-refractivity contribution in [2.24, 2.45) is 0 Å². The van der Waals surface area contributed by atoms with Gasteiger partial charge in [0.2, 0.25) is 0 Å². The quantitative estimate of drug-likeness (QED) is 0.780. The van der Waals surface area contributed by atoms with Crippen LogP contribution in [-0.4, -0.2) is 27.7 Å². The second kappa shape index (κ2) is 6.66. The minimum absolute atomic E-state index is 0.103. The summed E-state index contributed by atoms with van der Waals surface area (Å²) in [5.74, 6) is -0.243. The van der Waals surface area contributed by atoms with Crippen LogP contribution < -0.4 is 10.2 Å². The lowest BCUT2D eigenvalue weighted by Crippen LogP contribution is -2.33. The Balaban J connectivity index is 1.61. The number of carbonyl (C=O) groups is 1. The summed E-state index contributed by atoms with van der Waals surface area (Å²) in [6.07, 6.45) is 0. The normalized spacial score (nSPS) is 12.1. The molecule has 1 atom stereocenters. The molecule has 0 aliphatic heterocycles. The van der Waals surface area contributed by atoms with Crippen LogP contribution in [0.15, 0.2) is 48.5 Å². The largest absolute Gasteiger partial charge is 0.385 e. The van der Waals surface area contributed by atoms with E-state index in [1.165, 1.54) is 4.85 Å². The molecule has 0 spiro atoms. The maximum absolute atomic E-state index is 12.0. The number of nitrogens with zero attached hydrogens (tertiary/aromatic N) is 3. The predicted octanol–water partition coefficient (Wildman–Crippen LogP) is 2.39. The van der Waals surface area contributed by atoms with Crippen molar-refractivity contribution in [1.29, 1.82) is 0 Å². The second-order valence-corrected chi connectivity index (χ2v) is 5.51. The smallest absolute Gasteiger partial charge is 0.261 e. The number of halogens is 1. The van der Waals surface area contributed by atoms with Crippen LogP contribution in [0, 0.1) is 0 Å². The summed E-state index contributed by atoms with van der Waals surface area (Å²) in [5, 5.41) is 11.2. The van der Waals surface area contributed by atoms with E-state index in [0.717, 1.165) is 5.56 Å². The van der Waals surface area contributed by atoms with Gasteiger partial charge in [-0.3, -0.25) is 4.79 Å². The van der Waals surface area contributed by atoms with Crippen molar-refractivity contribution in [3.63, 3.8) is 0 Å². The van der Waals surface area contributed by atoms with E-state index in [4.69, 9.17) is 16.4 Å². The van der Waals surface area contributed by atoms with Crippen LogP contribution in [0.1, 0.15) is 18.5 Å². The summed E-state index contributed by atoms with van der Waals surface area (Å²) < 4.78 is 0. The second-order valence-electron chi connectivity index (χ2n) is 5.07. The van der Waals surface area contributed by atoms with Gasteiger partial charge in [0, 0.05) is 5.02 Å². The number of rotatable bonds is 5. The van der Waals surface area contributed by atoms with Gasteiger partial charge in [0.05, 0.1) is 6.04 Å². The topological polar surface area (TPSA) is 69.0 Å². The lowest BCUT2D eigenvalue weighted by Gasteiger charge is -2.14. The van der Waals surface area contributed by atoms with E-state index >= 15 is 0 Å². The fourth-order valence-corrected chi connectivity index (χ4v) is 2.36. The molecule has 1 heterocycles. The molecular formula is C16H15ClN4O2. The van der Waals surface area contributed by atoms with E-state index in [2.05, 4.69) is 15.6 Å². The molecule has 23 heavy (non-hydrogen) atoms. The molecule has 0 aliphatic rings. The lowest BCUT2D eigenvalue weighted by atomic mass is 10.1.